The van der Waals surface area contributed by atoms with Crippen LogP contribution in [0, 0.1) is 23.0 Å². The van der Waals surface area contributed by atoms with E-state index in [4.69, 9.17) is 15.7 Å². The lowest BCUT2D eigenvalue weighted by Gasteiger charge is -2.13. The monoisotopic (exact) mass is 365 g/mol. The molecule has 2 N–H and O–H groups in total. The van der Waals surface area contributed by atoms with Crippen LogP contribution in [0.1, 0.15) is 21.6 Å². The number of nitriles is 1. The Morgan fingerprint density at radius 2 is 1.89 bits per heavy atom. The molecule has 0 saturated heterocycles. The summed E-state index contributed by atoms with van der Waals surface area (Å²) in [6.07, 6.45) is 1.34. The number of pyridine rings is 1. The van der Waals surface area contributed by atoms with Crippen LogP contribution in [0.25, 0.3) is 11.1 Å². The Balaban J connectivity index is 1.94. The first kappa shape index (κ1) is 18.0. The van der Waals surface area contributed by atoms with Gasteiger partial charge in [-0.05, 0) is 41.5 Å². The van der Waals surface area contributed by atoms with E-state index in [0.29, 0.717) is 22.4 Å². The van der Waals surface area contributed by atoms with Crippen LogP contribution in [0.2, 0.25) is 0 Å². The first-order valence-corrected chi connectivity index (χ1v) is 7.85. The van der Waals surface area contributed by atoms with Crippen molar-refractivity contribution in [3.63, 3.8) is 0 Å². The maximum atomic E-state index is 13.4. The standard InChI is InChI=1S/C20H13F2N3O2/c21-15-4-2-13(3-5-15)16-8-18(20(24)26)25-10-19(16)27-11-12-1-6-17(22)14(7-12)9-23/h1-8,10H,11H2,(H2,24,26). The predicted octanol–water partition coefficient (Wildman–Crippen LogP) is 3.58. The molecule has 1 aromatic heterocycles. The van der Waals surface area contributed by atoms with Gasteiger partial charge in [-0.2, -0.15) is 5.26 Å². The van der Waals surface area contributed by atoms with Crippen LogP contribution in [-0.4, -0.2) is 10.9 Å². The minimum absolute atomic E-state index is 0.0372. The summed E-state index contributed by atoms with van der Waals surface area (Å²) in [5, 5.41) is 8.91. The lowest BCUT2D eigenvalue weighted by atomic mass is 10.0. The maximum Gasteiger partial charge on any atom is 0.267 e. The van der Waals surface area contributed by atoms with E-state index in [0.717, 1.165) is 0 Å². The minimum Gasteiger partial charge on any atom is -0.487 e. The number of nitrogens with zero attached hydrogens (tertiary/aromatic N) is 2. The number of nitrogens with two attached hydrogens (primary N) is 1. The zero-order valence-electron chi connectivity index (χ0n) is 13.9. The number of ether oxygens (including phenoxy) is 1. The number of hydrogen-bond acceptors (Lipinski definition) is 4. The number of halogens is 2. The number of aromatic nitrogens is 1. The summed E-state index contributed by atoms with van der Waals surface area (Å²) in [4.78, 5) is 15.4. The van der Waals surface area contributed by atoms with Gasteiger partial charge in [-0.25, -0.2) is 13.8 Å². The molecule has 0 radical (unpaired) electrons. The van der Waals surface area contributed by atoms with Gasteiger partial charge >= 0.3 is 0 Å². The molecular formula is C20H13F2N3O2. The number of carbonyl (C=O) groups excluding carboxylic acids is 1. The highest BCUT2D eigenvalue weighted by molar-refractivity contribution is 5.92. The summed E-state index contributed by atoms with van der Waals surface area (Å²) in [5.74, 6) is -1.39. The average molecular weight is 365 g/mol. The maximum absolute atomic E-state index is 13.4. The van der Waals surface area contributed by atoms with Gasteiger partial charge in [0.25, 0.3) is 5.91 Å². The Morgan fingerprint density at radius 1 is 1.15 bits per heavy atom. The second-order valence-electron chi connectivity index (χ2n) is 5.65. The number of primary amides is 1. The fraction of sp³-hybridized carbons (Fsp3) is 0.0500. The van der Waals surface area contributed by atoms with E-state index in [-0.39, 0.29) is 17.9 Å². The molecule has 1 amide bonds. The van der Waals surface area contributed by atoms with Crippen molar-refractivity contribution >= 4 is 5.91 Å². The molecule has 3 rings (SSSR count). The smallest absolute Gasteiger partial charge is 0.267 e. The molecular weight excluding hydrogens is 352 g/mol. The molecule has 2 aromatic carbocycles. The van der Waals surface area contributed by atoms with Crippen molar-refractivity contribution in [1.29, 1.82) is 5.26 Å². The Morgan fingerprint density at radius 3 is 2.56 bits per heavy atom. The molecule has 0 saturated carbocycles. The van der Waals surface area contributed by atoms with E-state index in [1.165, 1.54) is 54.7 Å². The predicted molar refractivity (Wildman–Crippen MR) is 93.6 cm³/mol. The second kappa shape index (κ2) is 7.62. The largest absolute Gasteiger partial charge is 0.487 e. The normalized spacial score (nSPS) is 10.3. The fourth-order valence-corrected chi connectivity index (χ4v) is 2.46. The molecule has 0 fully saturated rings. The van der Waals surface area contributed by atoms with Gasteiger partial charge in [-0.1, -0.05) is 18.2 Å². The first-order chi connectivity index (χ1) is 13.0. The van der Waals surface area contributed by atoms with Gasteiger partial charge in [-0.3, -0.25) is 4.79 Å². The van der Waals surface area contributed by atoms with Crippen molar-refractivity contribution in [3.8, 4) is 22.9 Å². The highest BCUT2D eigenvalue weighted by Crippen LogP contribution is 2.31. The summed E-state index contributed by atoms with van der Waals surface area (Å²) in [6.45, 7) is 0.0424. The quantitative estimate of drug-likeness (QED) is 0.748. The molecule has 0 aliphatic heterocycles. The highest BCUT2D eigenvalue weighted by atomic mass is 19.1. The van der Waals surface area contributed by atoms with Gasteiger partial charge in [0.2, 0.25) is 0 Å². The van der Waals surface area contributed by atoms with Crippen LogP contribution in [0.5, 0.6) is 5.75 Å². The third-order valence-corrected chi connectivity index (χ3v) is 3.82. The van der Waals surface area contributed by atoms with Gasteiger partial charge < -0.3 is 10.5 Å². The van der Waals surface area contributed by atoms with Gasteiger partial charge in [0.05, 0.1) is 11.8 Å². The summed E-state index contributed by atoms with van der Waals surface area (Å²) in [7, 11) is 0. The third-order valence-electron chi connectivity index (χ3n) is 3.82. The van der Waals surface area contributed by atoms with Crippen molar-refractivity contribution in [2.24, 2.45) is 5.73 Å². The molecule has 0 atom stereocenters. The Bertz CT molecular complexity index is 1040. The number of carbonyl (C=O) groups is 1. The van der Waals surface area contributed by atoms with Crippen molar-refractivity contribution in [3.05, 3.63) is 83.2 Å². The topological polar surface area (TPSA) is 89.0 Å². The van der Waals surface area contributed by atoms with Crippen molar-refractivity contribution in [2.75, 3.05) is 0 Å². The van der Waals surface area contributed by atoms with Crippen LogP contribution in [0.15, 0.2) is 54.7 Å². The van der Waals surface area contributed by atoms with Crippen molar-refractivity contribution in [2.45, 2.75) is 6.61 Å². The van der Waals surface area contributed by atoms with Gasteiger partial charge in [0.1, 0.15) is 35.8 Å². The Kier molecular flexibility index (Phi) is 5.08. The third kappa shape index (κ3) is 4.07. The molecule has 0 spiro atoms. The average Bonchev–Trinajstić information content (AvgIpc) is 2.68. The summed E-state index contributed by atoms with van der Waals surface area (Å²) >= 11 is 0. The van der Waals surface area contributed by atoms with Crippen molar-refractivity contribution in [1.82, 2.24) is 4.98 Å². The Labute approximate surface area is 153 Å². The zero-order valence-corrected chi connectivity index (χ0v) is 13.9. The summed E-state index contributed by atoms with van der Waals surface area (Å²) in [6, 6.07) is 12.9. The van der Waals surface area contributed by atoms with Crippen molar-refractivity contribution < 1.29 is 18.3 Å². The van der Waals surface area contributed by atoms with E-state index in [9.17, 15) is 13.6 Å². The first-order valence-electron chi connectivity index (χ1n) is 7.85. The SMILES string of the molecule is N#Cc1cc(COc2cnc(C(N)=O)cc2-c2ccc(F)cc2)ccc1F. The summed E-state index contributed by atoms with van der Waals surface area (Å²) in [5.41, 5.74) is 6.92. The molecule has 1 heterocycles. The minimum atomic E-state index is -0.706. The van der Waals surface area contributed by atoms with Gasteiger partial charge in [0.15, 0.2) is 0 Å². The van der Waals surface area contributed by atoms with Gasteiger partial charge in [-0.15, -0.1) is 0 Å². The van der Waals surface area contributed by atoms with E-state index in [1.54, 1.807) is 6.07 Å². The Hall–Kier alpha value is -3.79. The van der Waals surface area contributed by atoms with Gasteiger partial charge in [0, 0.05) is 5.56 Å². The molecule has 134 valence electrons. The number of benzene rings is 2. The molecule has 27 heavy (non-hydrogen) atoms. The van der Waals surface area contributed by atoms with E-state index >= 15 is 0 Å². The van der Waals surface area contributed by atoms with Crippen LogP contribution in [0.3, 0.4) is 0 Å². The van der Waals surface area contributed by atoms with E-state index in [1.807, 2.05) is 0 Å². The molecule has 0 aliphatic carbocycles. The lowest BCUT2D eigenvalue weighted by Crippen LogP contribution is -2.13. The second-order valence-corrected chi connectivity index (χ2v) is 5.65. The fourth-order valence-electron chi connectivity index (χ4n) is 2.46. The molecule has 0 aliphatic rings. The molecule has 5 nitrogen and oxygen atoms in total. The number of hydrogen-bond donors (Lipinski definition) is 1. The zero-order chi connectivity index (χ0) is 19.4. The van der Waals surface area contributed by atoms with E-state index < -0.39 is 17.5 Å². The number of rotatable bonds is 5. The highest BCUT2D eigenvalue weighted by Gasteiger charge is 2.13. The summed E-state index contributed by atoms with van der Waals surface area (Å²) < 4.78 is 32.4. The molecule has 0 unspecified atom stereocenters. The lowest BCUT2D eigenvalue weighted by molar-refractivity contribution is 0.0995. The van der Waals surface area contributed by atoms with Crippen LogP contribution >= 0.6 is 0 Å². The van der Waals surface area contributed by atoms with E-state index in [2.05, 4.69) is 4.98 Å². The van der Waals surface area contributed by atoms with Crippen LogP contribution in [-0.2, 0) is 6.61 Å². The van der Waals surface area contributed by atoms with Crippen LogP contribution < -0.4 is 10.5 Å². The number of amides is 1. The molecule has 0 bridgehead atoms. The van der Waals surface area contributed by atoms with Crippen LogP contribution in [0.4, 0.5) is 8.78 Å². The molecule has 3 aromatic rings. The molecule has 7 heteroatoms.